The Kier molecular flexibility index (Phi) is 5.67. The summed E-state index contributed by atoms with van der Waals surface area (Å²) in [5, 5.41) is 0. The molecule has 0 aliphatic heterocycles. The average molecular weight is 184 g/mol. The topological polar surface area (TPSA) is 0 Å². The van der Waals surface area contributed by atoms with Crippen LogP contribution in [0.5, 0.6) is 0 Å². The van der Waals surface area contributed by atoms with Crippen molar-refractivity contribution in [1.82, 2.24) is 0 Å². The number of rotatable bonds is 6. The molecule has 0 N–H and O–H groups in total. The Morgan fingerprint density at radius 1 is 0.923 bits per heavy atom. The van der Waals surface area contributed by atoms with E-state index in [4.69, 9.17) is 0 Å². The second-order valence-electron chi connectivity index (χ2n) is 5.00. The van der Waals surface area contributed by atoms with Crippen LogP contribution in [-0.4, -0.2) is 0 Å². The van der Waals surface area contributed by atoms with Gasteiger partial charge in [-0.05, 0) is 30.1 Å². The minimum Gasteiger partial charge on any atom is -0.0654 e. The Bertz CT molecular complexity index is 114. The van der Waals surface area contributed by atoms with Crippen LogP contribution in [0.15, 0.2) is 0 Å². The summed E-state index contributed by atoms with van der Waals surface area (Å²) in [6, 6.07) is 0. The molecule has 0 radical (unpaired) electrons. The lowest BCUT2D eigenvalue weighted by molar-refractivity contribution is 0.0888. The van der Waals surface area contributed by atoms with Crippen LogP contribution in [0, 0.1) is 17.3 Å². The zero-order valence-corrected chi connectivity index (χ0v) is 10.5. The van der Waals surface area contributed by atoms with E-state index in [1.165, 1.54) is 25.7 Å². The van der Waals surface area contributed by atoms with Crippen molar-refractivity contribution in [2.24, 2.45) is 17.3 Å². The molecule has 0 saturated carbocycles. The summed E-state index contributed by atoms with van der Waals surface area (Å²) in [6.07, 6.45) is 5.48. The Labute approximate surface area is 85.1 Å². The van der Waals surface area contributed by atoms with E-state index in [1.807, 2.05) is 0 Å². The van der Waals surface area contributed by atoms with Gasteiger partial charge in [0, 0.05) is 0 Å². The van der Waals surface area contributed by atoms with Crippen LogP contribution in [0.25, 0.3) is 0 Å². The maximum Gasteiger partial charge on any atom is -0.0254 e. The Hall–Kier alpha value is 0. The summed E-state index contributed by atoms with van der Waals surface area (Å²) >= 11 is 0. The summed E-state index contributed by atoms with van der Waals surface area (Å²) in [5.41, 5.74) is 0.593. The molecule has 0 saturated heterocycles. The fourth-order valence-corrected chi connectivity index (χ4v) is 2.74. The summed E-state index contributed by atoms with van der Waals surface area (Å²) in [7, 11) is 0. The molecule has 0 rings (SSSR count). The number of hydrogen-bond donors (Lipinski definition) is 0. The highest BCUT2D eigenvalue weighted by atomic mass is 14.4. The van der Waals surface area contributed by atoms with E-state index in [9.17, 15) is 0 Å². The highest BCUT2D eigenvalue weighted by molar-refractivity contribution is 4.83. The quantitative estimate of drug-likeness (QED) is 0.551. The first-order valence-corrected chi connectivity index (χ1v) is 6.01. The molecule has 0 aromatic heterocycles. The number of hydrogen-bond acceptors (Lipinski definition) is 0. The zero-order valence-electron chi connectivity index (χ0n) is 10.5. The van der Waals surface area contributed by atoms with Crippen molar-refractivity contribution >= 4 is 0 Å². The third-order valence-corrected chi connectivity index (χ3v) is 3.95. The van der Waals surface area contributed by atoms with Crippen LogP contribution in [0.3, 0.4) is 0 Å². The maximum absolute atomic E-state index is 2.39. The predicted octanol–water partition coefficient (Wildman–Crippen LogP) is 4.89. The molecule has 0 fully saturated rings. The summed E-state index contributed by atoms with van der Waals surface area (Å²) in [4.78, 5) is 0. The Balaban J connectivity index is 4.45. The molecule has 80 valence electrons. The first kappa shape index (κ1) is 13.0. The van der Waals surface area contributed by atoms with Gasteiger partial charge < -0.3 is 0 Å². The fraction of sp³-hybridized carbons (Fsp3) is 1.00. The van der Waals surface area contributed by atoms with Gasteiger partial charge in [-0.25, -0.2) is 0 Å². The van der Waals surface area contributed by atoms with Crippen LogP contribution in [0.2, 0.25) is 0 Å². The van der Waals surface area contributed by atoms with Gasteiger partial charge in [-0.15, -0.1) is 0 Å². The zero-order chi connectivity index (χ0) is 10.5. The molecular formula is C13H28. The SMILES string of the molecule is CCCCC(CC)(C(C)C)C(C)C. The van der Waals surface area contributed by atoms with E-state index in [1.54, 1.807) is 0 Å². The molecule has 0 aliphatic carbocycles. The summed E-state index contributed by atoms with van der Waals surface area (Å²) in [5.74, 6) is 1.65. The van der Waals surface area contributed by atoms with Crippen molar-refractivity contribution in [2.75, 3.05) is 0 Å². The van der Waals surface area contributed by atoms with E-state index in [0.29, 0.717) is 5.41 Å². The Morgan fingerprint density at radius 3 is 1.62 bits per heavy atom. The smallest absolute Gasteiger partial charge is 0.0254 e. The number of unbranched alkanes of at least 4 members (excludes halogenated alkanes) is 1. The standard InChI is InChI=1S/C13H28/c1-7-9-10-13(8-2,11(3)4)12(5)6/h11-12H,7-10H2,1-6H3. The highest BCUT2D eigenvalue weighted by Crippen LogP contribution is 2.43. The highest BCUT2D eigenvalue weighted by Gasteiger charge is 2.34. The van der Waals surface area contributed by atoms with E-state index in [-0.39, 0.29) is 0 Å². The summed E-state index contributed by atoms with van der Waals surface area (Å²) in [6.45, 7) is 14.2. The van der Waals surface area contributed by atoms with Gasteiger partial charge >= 0.3 is 0 Å². The second kappa shape index (κ2) is 5.67. The second-order valence-corrected chi connectivity index (χ2v) is 5.00. The molecule has 0 aromatic carbocycles. The van der Waals surface area contributed by atoms with Crippen molar-refractivity contribution in [3.63, 3.8) is 0 Å². The molecule has 13 heavy (non-hydrogen) atoms. The molecule has 0 aromatic rings. The maximum atomic E-state index is 2.39. The van der Waals surface area contributed by atoms with E-state index >= 15 is 0 Å². The molecule has 0 bridgehead atoms. The van der Waals surface area contributed by atoms with Gasteiger partial charge in [0.1, 0.15) is 0 Å². The van der Waals surface area contributed by atoms with Crippen LogP contribution in [-0.2, 0) is 0 Å². The van der Waals surface area contributed by atoms with Crippen molar-refractivity contribution in [2.45, 2.75) is 67.2 Å². The Morgan fingerprint density at radius 2 is 1.38 bits per heavy atom. The molecule has 0 unspecified atom stereocenters. The third kappa shape index (κ3) is 3.00. The van der Waals surface area contributed by atoms with Gasteiger partial charge in [-0.3, -0.25) is 0 Å². The molecule has 0 atom stereocenters. The average Bonchev–Trinajstić information content (AvgIpc) is 2.05. The lowest BCUT2D eigenvalue weighted by Gasteiger charge is -2.41. The molecule has 0 heteroatoms. The van der Waals surface area contributed by atoms with Gasteiger partial charge in [0.25, 0.3) is 0 Å². The largest absolute Gasteiger partial charge is 0.0654 e. The van der Waals surface area contributed by atoms with Crippen LogP contribution in [0.1, 0.15) is 67.2 Å². The summed E-state index contributed by atoms with van der Waals surface area (Å²) < 4.78 is 0. The van der Waals surface area contributed by atoms with Gasteiger partial charge in [-0.2, -0.15) is 0 Å². The molecule has 0 nitrogen and oxygen atoms in total. The van der Waals surface area contributed by atoms with Gasteiger partial charge in [0.15, 0.2) is 0 Å². The molecule has 0 heterocycles. The minimum atomic E-state index is 0.593. The van der Waals surface area contributed by atoms with Gasteiger partial charge in [0.2, 0.25) is 0 Å². The van der Waals surface area contributed by atoms with Crippen LogP contribution in [0.4, 0.5) is 0 Å². The molecular weight excluding hydrogens is 156 g/mol. The van der Waals surface area contributed by atoms with E-state index in [2.05, 4.69) is 41.5 Å². The van der Waals surface area contributed by atoms with Crippen molar-refractivity contribution < 1.29 is 0 Å². The van der Waals surface area contributed by atoms with Crippen molar-refractivity contribution in [3.05, 3.63) is 0 Å². The third-order valence-electron chi connectivity index (χ3n) is 3.95. The fourth-order valence-electron chi connectivity index (χ4n) is 2.74. The lowest BCUT2D eigenvalue weighted by atomic mass is 9.64. The minimum absolute atomic E-state index is 0.593. The van der Waals surface area contributed by atoms with Crippen molar-refractivity contribution in [1.29, 1.82) is 0 Å². The van der Waals surface area contributed by atoms with Gasteiger partial charge in [0.05, 0.1) is 0 Å². The lowest BCUT2D eigenvalue weighted by Crippen LogP contribution is -2.32. The van der Waals surface area contributed by atoms with Crippen LogP contribution < -0.4 is 0 Å². The van der Waals surface area contributed by atoms with Crippen molar-refractivity contribution in [3.8, 4) is 0 Å². The molecule has 0 spiro atoms. The monoisotopic (exact) mass is 184 g/mol. The first-order chi connectivity index (χ1) is 6.01. The van der Waals surface area contributed by atoms with E-state index < -0.39 is 0 Å². The molecule has 0 aliphatic rings. The molecule has 0 amide bonds. The van der Waals surface area contributed by atoms with E-state index in [0.717, 1.165) is 11.8 Å². The van der Waals surface area contributed by atoms with Crippen LogP contribution >= 0.6 is 0 Å². The normalized spacial score (nSPS) is 12.9. The van der Waals surface area contributed by atoms with Gasteiger partial charge in [-0.1, -0.05) is 54.4 Å². The predicted molar refractivity (Wildman–Crippen MR) is 61.9 cm³/mol. The first-order valence-electron chi connectivity index (χ1n) is 6.01.